The first-order chi connectivity index (χ1) is 9.93. The summed E-state index contributed by atoms with van der Waals surface area (Å²) < 4.78 is 5.37. The minimum atomic E-state index is -0.850. The Morgan fingerprint density at radius 3 is 2.71 bits per heavy atom. The standard InChI is InChI=1S/C15H18ClNO4/c1-10-3-4-11(16)12(7-10)21-8-13(18)17-9-15(14(19)20)5-2-6-15/h3-4,7H,2,5-6,8-9H2,1H3,(H,17,18)(H,19,20). The molecule has 0 saturated heterocycles. The highest BCUT2D eigenvalue weighted by Gasteiger charge is 2.44. The van der Waals surface area contributed by atoms with Crippen LogP contribution in [0.25, 0.3) is 0 Å². The van der Waals surface area contributed by atoms with Gasteiger partial charge in [0.05, 0.1) is 10.4 Å². The van der Waals surface area contributed by atoms with Crippen LogP contribution in [0, 0.1) is 12.3 Å². The zero-order chi connectivity index (χ0) is 15.5. The van der Waals surface area contributed by atoms with Gasteiger partial charge in [-0.05, 0) is 37.5 Å². The van der Waals surface area contributed by atoms with E-state index in [9.17, 15) is 14.7 Å². The van der Waals surface area contributed by atoms with Crippen molar-refractivity contribution in [2.75, 3.05) is 13.2 Å². The lowest BCUT2D eigenvalue weighted by molar-refractivity contribution is -0.154. The molecular weight excluding hydrogens is 294 g/mol. The number of carbonyl (C=O) groups excluding carboxylic acids is 1. The van der Waals surface area contributed by atoms with Crippen molar-refractivity contribution in [1.29, 1.82) is 0 Å². The van der Waals surface area contributed by atoms with E-state index in [2.05, 4.69) is 5.32 Å². The third-order valence-electron chi connectivity index (χ3n) is 3.83. The molecule has 0 bridgehead atoms. The summed E-state index contributed by atoms with van der Waals surface area (Å²) in [5.41, 5.74) is 0.186. The topological polar surface area (TPSA) is 75.6 Å². The molecule has 1 aromatic rings. The second kappa shape index (κ2) is 6.35. The molecule has 6 heteroatoms. The van der Waals surface area contributed by atoms with E-state index in [1.165, 1.54) is 0 Å². The molecule has 1 fully saturated rings. The van der Waals surface area contributed by atoms with Gasteiger partial charge < -0.3 is 15.2 Å². The number of halogens is 1. The van der Waals surface area contributed by atoms with Crippen molar-refractivity contribution in [2.24, 2.45) is 5.41 Å². The molecule has 2 N–H and O–H groups in total. The lowest BCUT2D eigenvalue weighted by Gasteiger charge is -2.37. The molecule has 114 valence electrons. The first-order valence-electron chi connectivity index (χ1n) is 6.82. The smallest absolute Gasteiger partial charge is 0.311 e. The number of rotatable bonds is 6. The summed E-state index contributed by atoms with van der Waals surface area (Å²) in [7, 11) is 0. The van der Waals surface area contributed by atoms with E-state index in [0.717, 1.165) is 12.0 Å². The summed E-state index contributed by atoms with van der Waals surface area (Å²) in [5.74, 6) is -0.750. The molecule has 1 aromatic carbocycles. The maximum Gasteiger partial charge on any atom is 0.311 e. The van der Waals surface area contributed by atoms with Gasteiger partial charge in [-0.1, -0.05) is 24.1 Å². The molecule has 1 aliphatic rings. The quantitative estimate of drug-likeness (QED) is 0.846. The fourth-order valence-electron chi connectivity index (χ4n) is 2.25. The molecule has 0 atom stereocenters. The second-order valence-electron chi connectivity index (χ2n) is 5.44. The Hall–Kier alpha value is -1.75. The highest BCUT2D eigenvalue weighted by molar-refractivity contribution is 6.32. The van der Waals surface area contributed by atoms with E-state index in [1.54, 1.807) is 12.1 Å². The number of aliphatic carboxylic acids is 1. The number of carboxylic acids is 1. The van der Waals surface area contributed by atoms with Crippen LogP contribution in [-0.4, -0.2) is 30.1 Å². The monoisotopic (exact) mass is 311 g/mol. The van der Waals surface area contributed by atoms with Gasteiger partial charge in [-0.3, -0.25) is 9.59 Å². The van der Waals surface area contributed by atoms with Gasteiger partial charge in [0.15, 0.2) is 6.61 Å². The van der Waals surface area contributed by atoms with E-state index in [4.69, 9.17) is 16.3 Å². The Labute approximate surface area is 128 Å². The molecule has 1 saturated carbocycles. The van der Waals surface area contributed by atoms with E-state index >= 15 is 0 Å². The van der Waals surface area contributed by atoms with Crippen LogP contribution in [0.15, 0.2) is 18.2 Å². The summed E-state index contributed by atoms with van der Waals surface area (Å²) in [6.07, 6.45) is 2.10. The SMILES string of the molecule is Cc1ccc(Cl)c(OCC(=O)NCC2(C(=O)O)CCC2)c1. The number of carboxylic acid groups (broad SMARTS) is 1. The van der Waals surface area contributed by atoms with Crippen LogP contribution in [0.3, 0.4) is 0 Å². The van der Waals surface area contributed by atoms with Gasteiger partial charge in [0.1, 0.15) is 5.75 Å². The molecular formula is C15H18ClNO4. The van der Waals surface area contributed by atoms with Crippen LogP contribution in [0.1, 0.15) is 24.8 Å². The largest absolute Gasteiger partial charge is 0.482 e. The second-order valence-corrected chi connectivity index (χ2v) is 5.85. The number of benzene rings is 1. The van der Waals surface area contributed by atoms with Crippen LogP contribution in [0.5, 0.6) is 5.75 Å². The lowest BCUT2D eigenvalue weighted by atomic mass is 9.69. The van der Waals surface area contributed by atoms with Crippen molar-refractivity contribution in [2.45, 2.75) is 26.2 Å². The van der Waals surface area contributed by atoms with Crippen LogP contribution in [0.2, 0.25) is 5.02 Å². The fraction of sp³-hybridized carbons (Fsp3) is 0.467. The van der Waals surface area contributed by atoms with Gasteiger partial charge in [-0.2, -0.15) is 0 Å². The molecule has 0 unspecified atom stereocenters. The van der Waals surface area contributed by atoms with Gasteiger partial charge in [-0.25, -0.2) is 0 Å². The van der Waals surface area contributed by atoms with E-state index in [-0.39, 0.29) is 19.1 Å². The first kappa shape index (κ1) is 15.6. The van der Waals surface area contributed by atoms with Gasteiger partial charge >= 0.3 is 5.97 Å². The van der Waals surface area contributed by atoms with Crippen LogP contribution in [-0.2, 0) is 9.59 Å². The minimum Gasteiger partial charge on any atom is -0.482 e. The minimum absolute atomic E-state index is 0.145. The number of aryl methyl sites for hydroxylation is 1. The Morgan fingerprint density at radius 1 is 1.43 bits per heavy atom. The average molecular weight is 312 g/mol. The normalized spacial score (nSPS) is 15.9. The number of nitrogens with one attached hydrogen (secondary N) is 1. The predicted octanol–water partition coefficient (Wildman–Crippen LogP) is 2.40. The predicted molar refractivity (Wildman–Crippen MR) is 78.6 cm³/mol. The summed E-state index contributed by atoms with van der Waals surface area (Å²) in [5, 5.41) is 12.2. The average Bonchev–Trinajstić information content (AvgIpc) is 2.38. The molecule has 5 nitrogen and oxygen atoms in total. The van der Waals surface area contributed by atoms with Crippen molar-refractivity contribution in [3.63, 3.8) is 0 Å². The number of hydrogen-bond acceptors (Lipinski definition) is 3. The van der Waals surface area contributed by atoms with Crippen LogP contribution in [0.4, 0.5) is 0 Å². The molecule has 0 spiro atoms. The fourth-order valence-corrected chi connectivity index (χ4v) is 2.43. The molecule has 0 heterocycles. The highest BCUT2D eigenvalue weighted by Crippen LogP contribution is 2.40. The van der Waals surface area contributed by atoms with E-state index < -0.39 is 11.4 Å². The number of hydrogen-bond donors (Lipinski definition) is 2. The maximum absolute atomic E-state index is 11.7. The van der Waals surface area contributed by atoms with Gasteiger partial charge in [0.25, 0.3) is 5.91 Å². The molecule has 1 amide bonds. The Balaban J connectivity index is 1.82. The number of ether oxygens (including phenoxy) is 1. The molecule has 1 aliphatic carbocycles. The molecule has 0 aromatic heterocycles. The number of amides is 1. The zero-order valence-corrected chi connectivity index (χ0v) is 12.6. The van der Waals surface area contributed by atoms with Crippen molar-refractivity contribution in [3.05, 3.63) is 28.8 Å². The van der Waals surface area contributed by atoms with Crippen molar-refractivity contribution >= 4 is 23.5 Å². The Bertz CT molecular complexity index is 555. The number of carbonyl (C=O) groups is 2. The van der Waals surface area contributed by atoms with E-state index in [1.807, 2.05) is 13.0 Å². The summed E-state index contributed by atoms with van der Waals surface area (Å²) >= 11 is 5.97. The molecule has 0 aliphatic heterocycles. The Morgan fingerprint density at radius 2 is 2.14 bits per heavy atom. The van der Waals surface area contributed by atoms with Gasteiger partial charge in [-0.15, -0.1) is 0 Å². The maximum atomic E-state index is 11.7. The van der Waals surface area contributed by atoms with E-state index in [0.29, 0.717) is 23.6 Å². The van der Waals surface area contributed by atoms with Crippen molar-refractivity contribution in [3.8, 4) is 5.75 Å². The lowest BCUT2D eigenvalue weighted by Crippen LogP contribution is -2.48. The van der Waals surface area contributed by atoms with Crippen LogP contribution >= 0.6 is 11.6 Å². The van der Waals surface area contributed by atoms with Gasteiger partial charge in [0.2, 0.25) is 0 Å². The zero-order valence-electron chi connectivity index (χ0n) is 11.8. The molecule has 21 heavy (non-hydrogen) atoms. The van der Waals surface area contributed by atoms with Crippen molar-refractivity contribution < 1.29 is 19.4 Å². The van der Waals surface area contributed by atoms with Crippen LogP contribution < -0.4 is 10.1 Å². The first-order valence-corrected chi connectivity index (χ1v) is 7.20. The summed E-state index contributed by atoms with van der Waals surface area (Å²) in [6.45, 7) is 1.86. The highest BCUT2D eigenvalue weighted by atomic mass is 35.5. The third-order valence-corrected chi connectivity index (χ3v) is 4.15. The van der Waals surface area contributed by atoms with Crippen molar-refractivity contribution in [1.82, 2.24) is 5.32 Å². The summed E-state index contributed by atoms with van der Waals surface area (Å²) in [4.78, 5) is 22.9. The molecule has 2 rings (SSSR count). The van der Waals surface area contributed by atoms with Gasteiger partial charge in [0, 0.05) is 6.54 Å². The molecule has 0 radical (unpaired) electrons. The third kappa shape index (κ3) is 3.67. The Kier molecular flexibility index (Phi) is 4.73. The summed E-state index contributed by atoms with van der Waals surface area (Å²) in [6, 6.07) is 5.31.